The van der Waals surface area contributed by atoms with E-state index in [1.165, 1.54) is 42.6 Å². The van der Waals surface area contributed by atoms with Crippen LogP contribution in [0.15, 0.2) is 59.9 Å². The average Bonchev–Trinajstić information content (AvgIpc) is 3.50. The Morgan fingerprint density at radius 2 is 1.97 bits per heavy atom. The minimum absolute atomic E-state index is 0.0541. The number of hydrogen-bond donors (Lipinski definition) is 0. The van der Waals surface area contributed by atoms with Gasteiger partial charge < -0.3 is 14.2 Å². The van der Waals surface area contributed by atoms with Crippen LogP contribution in [0.25, 0.3) is 0 Å². The quantitative estimate of drug-likeness (QED) is 0.382. The van der Waals surface area contributed by atoms with Crippen molar-refractivity contribution < 1.29 is 26.7 Å². The molecule has 3 aromatic rings. The molecule has 10 heteroatoms. The van der Waals surface area contributed by atoms with Gasteiger partial charge in [-0.2, -0.15) is 0 Å². The van der Waals surface area contributed by atoms with E-state index in [2.05, 4.69) is 4.98 Å². The molecule has 1 unspecified atom stereocenters. The van der Waals surface area contributed by atoms with E-state index in [1.807, 2.05) is 13.8 Å². The first-order chi connectivity index (χ1) is 17.6. The van der Waals surface area contributed by atoms with Crippen molar-refractivity contribution in [3.8, 4) is 0 Å². The third-order valence-electron chi connectivity index (χ3n) is 6.19. The first kappa shape index (κ1) is 26.9. The van der Waals surface area contributed by atoms with Gasteiger partial charge in [0, 0.05) is 24.3 Å². The summed E-state index contributed by atoms with van der Waals surface area (Å²) in [6.45, 7) is 5.19. The lowest BCUT2D eigenvalue weighted by molar-refractivity contribution is 0.0710. The molecule has 0 radical (unpaired) electrons. The van der Waals surface area contributed by atoms with Crippen molar-refractivity contribution in [3.63, 3.8) is 0 Å². The number of hydrogen-bond acceptors (Lipinski definition) is 5. The highest BCUT2D eigenvalue weighted by atomic mass is 32.2. The molecule has 7 nitrogen and oxygen atoms in total. The van der Waals surface area contributed by atoms with E-state index in [9.17, 15) is 22.0 Å². The Kier molecular flexibility index (Phi) is 8.39. The van der Waals surface area contributed by atoms with Gasteiger partial charge in [0.2, 0.25) is 15.0 Å². The predicted molar refractivity (Wildman–Crippen MR) is 134 cm³/mol. The molecule has 0 aliphatic carbocycles. The summed E-state index contributed by atoms with van der Waals surface area (Å²) in [5.74, 6) is -1.92. The van der Waals surface area contributed by atoms with Gasteiger partial charge in [0.25, 0.3) is 5.91 Å². The molecular formula is C27H31F2N3O4S. The average molecular weight is 532 g/mol. The summed E-state index contributed by atoms with van der Waals surface area (Å²) < 4.78 is 62.2. The zero-order valence-electron chi connectivity index (χ0n) is 20.9. The van der Waals surface area contributed by atoms with Crippen LogP contribution in [0.4, 0.5) is 8.78 Å². The highest BCUT2D eigenvalue weighted by molar-refractivity contribution is 7.90. The maximum Gasteiger partial charge on any atom is 0.254 e. The van der Waals surface area contributed by atoms with Gasteiger partial charge in [-0.3, -0.25) is 4.79 Å². The van der Waals surface area contributed by atoms with Crippen LogP contribution < -0.4 is 0 Å². The van der Waals surface area contributed by atoms with E-state index >= 15 is 0 Å². The molecule has 2 aromatic carbocycles. The monoisotopic (exact) mass is 531 g/mol. The van der Waals surface area contributed by atoms with Crippen molar-refractivity contribution >= 4 is 15.7 Å². The summed E-state index contributed by atoms with van der Waals surface area (Å²) >= 11 is 0. The second-order valence-corrected chi connectivity index (χ2v) is 11.6. The molecule has 1 atom stereocenters. The number of rotatable bonds is 10. The zero-order valence-corrected chi connectivity index (χ0v) is 21.8. The van der Waals surface area contributed by atoms with E-state index in [1.54, 1.807) is 21.6 Å². The van der Waals surface area contributed by atoms with E-state index in [0.29, 0.717) is 18.8 Å². The maximum absolute atomic E-state index is 14.3. The molecule has 1 amide bonds. The lowest BCUT2D eigenvalue weighted by atomic mass is 10.1. The molecule has 0 N–H and O–H groups in total. The van der Waals surface area contributed by atoms with Crippen molar-refractivity contribution in [3.05, 3.63) is 83.2 Å². The number of imidazole rings is 1. The summed E-state index contributed by atoms with van der Waals surface area (Å²) in [7, 11) is -4.02. The molecule has 1 saturated heterocycles. The largest absolute Gasteiger partial charge is 0.376 e. The van der Waals surface area contributed by atoms with Crippen LogP contribution in [-0.4, -0.2) is 48.0 Å². The van der Waals surface area contributed by atoms with Gasteiger partial charge >= 0.3 is 0 Å². The third kappa shape index (κ3) is 6.61. The second kappa shape index (κ2) is 11.5. The van der Waals surface area contributed by atoms with Crippen LogP contribution >= 0.6 is 0 Å². The van der Waals surface area contributed by atoms with Crippen LogP contribution in [0.2, 0.25) is 0 Å². The lowest BCUT2D eigenvalue weighted by Crippen LogP contribution is -2.35. The summed E-state index contributed by atoms with van der Waals surface area (Å²) in [6, 6.07) is 11.2. The van der Waals surface area contributed by atoms with Gasteiger partial charge in [-0.25, -0.2) is 22.2 Å². The van der Waals surface area contributed by atoms with Gasteiger partial charge in [0.05, 0.1) is 36.8 Å². The molecule has 1 fully saturated rings. The molecule has 1 aromatic heterocycles. The van der Waals surface area contributed by atoms with Gasteiger partial charge in [-0.05, 0) is 43.0 Å². The standard InChI is InChI=1S/C27H31F2N3O4S/c1-19(2)15-31(26(33)20-8-5-9-22(28)13-20)16-23-14-30-27(32(23)17-24-10-6-12-36-24)37(34,35)18-21-7-3-4-11-25(21)29/h3-5,7-9,11,13-14,19,24H,6,10,12,15-18H2,1-2H3. The number of ether oxygens (including phenoxy) is 1. The summed E-state index contributed by atoms with van der Waals surface area (Å²) in [5.41, 5.74) is 0.768. The number of halogens is 2. The number of carbonyl (C=O) groups is 1. The Morgan fingerprint density at radius 3 is 2.65 bits per heavy atom. The minimum atomic E-state index is -4.02. The Morgan fingerprint density at radius 1 is 1.19 bits per heavy atom. The molecular weight excluding hydrogens is 500 g/mol. The van der Waals surface area contributed by atoms with Gasteiger partial charge in [-0.15, -0.1) is 0 Å². The first-order valence-corrected chi connectivity index (χ1v) is 14.0. The molecule has 0 bridgehead atoms. The molecule has 198 valence electrons. The molecule has 0 spiro atoms. The highest BCUT2D eigenvalue weighted by Gasteiger charge is 2.29. The Hall–Kier alpha value is -3.11. The summed E-state index contributed by atoms with van der Waals surface area (Å²) in [5, 5.41) is -0.191. The van der Waals surface area contributed by atoms with Crippen molar-refractivity contribution in [1.82, 2.24) is 14.5 Å². The van der Waals surface area contributed by atoms with E-state index in [0.717, 1.165) is 12.8 Å². The van der Waals surface area contributed by atoms with Crippen LogP contribution in [0.3, 0.4) is 0 Å². The molecule has 0 saturated carbocycles. The van der Waals surface area contributed by atoms with Crippen molar-refractivity contribution in [2.45, 2.75) is 56.8 Å². The number of benzene rings is 2. The van der Waals surface area contributed by atoms with Gasteiger partial charge in [0.15, 0.2) is 0 Å². The first-order valence-electron chi connectivity index (χ1n) is 12.3. The van der Waals surface area contributed by atoms with E-state index in [-0.39, 0.29) is 47.3 Å². The van der Waals surface area contributed by atoms with Crippen LogP contribution in [-0.2, 0) is 33.4 Å². The van der Waals surface area contributed by atoms with Crippen molar-refractivity contribution in [1.29, 1.82) is 0 Å². The molecule has 4 rings (SSSR count). The maximum atomic E-state index is 14.3. The third-order valence-corrected chi connectivity index (χ3v) is 7.76. The fourth-order valence-corrected chi connectivity index (χ4v) is 6.01. The Balaban J connectivity index is 1.69. The van der Waals surface area contributed by atoms with Gasteiger partial charge in [0.1, 0.15) is 11.6 Å². The van der Waals surface area contributed by atoms with Crippen LogP contribution in [0.1, 0.15) is 48.3 Å². The van der Waals surface area contributed by atoms with E-state index < -0.39 is 27.2 Å². The van der Waals surface area contributed by atoms with E-state index in [4.69, 9.17) is 4.74 Å². The fraction of sp³-hybridized carbons (Fsp3) is 0.407. The van der Waals surface area contributed by atoms with Crippen molar-refractivity contribution in [2.24, 2.45) is 5.92 Å². The minimum Gasteiger partial charge on any atom is -0.376 e. The molecule has 2 heterocycles. The molecule has 1 aliphatic heterocycles. The van der Waals surface area contributed by atoms with Gasteiger partial charge in [-0.1, -0.05) is 38.1 Å². The normalized spacial score (nSPS) is 15.9. The van der Waals surface area contributed by atoms with Crippen LogP contribution in [0.5, 0.6) is 0 Å². The number of carbonyl (C=O) groups excluding carboxylic acids is 1. The lowest BCUT2D eigenvalue weighted by Gasteiger charge is -2.26. The SMILES string of the molecule is CC(C)CN(Cc1cnc(S(=O)(=O)Cc2ccccc2F)n1CC1CCCO1)C(=O)c1cccc(F)c1. The topological polar surface area (TPSA) is 81.5 Å². The number of nitrogens with zero attached hydrogens (tertiary/aromatic N) is 3. The fourth-order valence-electron chi connectivity index (χ4n) is 4.50. The predicted octanol–water partition coefficient (Wildman–Crippen LogP) is 4.61. The Labute approximate surface area is 216 Å². The van der Waals surface area contributed by atoms with Crippen molar-refractivity contribution in [2.75, 3.05) is 13.2 Å². The Bertz CT molecular complexity index is 1350. The number of amides is 1. The second-order valence-electron chi connectivity index (χ2n) is 9.72. The molecule has 1 aliphatic rings. The van der Waals surface area contributed by atoms with Crippen LogP contribution in [0, 0.1) is 17.6 Å². The molecule has 37 heavy (non-hydrogen) atoms. The smallest absolute Gasteiger partial charge is 0.254 e. The zero-order chi connectivity index (χ0) is 26.6. The highest BCUT2D eigenvalue weighted by Crippen LogP contribution is 2.24. The summed E-state index contributed by atoms with van der Waals surface area (Å²) in [6.07, 6.45) is 2.87. The number of aromatic nitrogens is 2. The summed E-state index contributed by atoms with van der Waals surface area (Å²) in [4.78, 5) is 19.1. The number of sulfone groups is 1.